The van der Waals surface area contributed by atoms with E-state index in [9.17, 15) is 4.79 Å². The van der Waals surface area contributed by atoms with Gasteiger partial charge in [-0.3, -0.25) is 4.79 Å². The average molecular weight is 237 g/mol. The number of halogens is 1. The molecule has 0 heterocycles. The van der Waals surface area contributed by atoms with Crippen LogP contribution in [0.5, 0.6) is 0 Å². The summed E-state index contributed by atoms with van der Waals surface area (Å²) in [5, 5.41) is -0.313. The van der Waals surface area contributed by atoms with Gasteiger partial charge in [0.25, 0.3) is 5.24 Å². The Kier molecular flexibility index (Phi) is 2.62. The molecule has 1 aromatic carbocycles. The van der Waals surface area contributed by atoms with Crippen molar-refractivity contribution < 1.29 is 4.79 Å². The Balaban J connectivity index is 2.68. The van der Waals surface area contributed by atoms with Crippen LogP contribution in [-0.2, 0) is 12.8 Å². The van der Waals surface area contributed by atoms with Gasteiger partial charge in [0.2, 0.25) is 0 Å². The number of carbonyl (C=O) groups excluding carboxylic acids is 1. The van der Waals surface area contributed by atoms with Crippen molar-refractivity contribution in [1.82, 2.24) is 0 Å². The Bertz CT molecular complexity index is 472. The number of benzene rings is 1. The summed E-state index contributed by atoms with van der Waals surface area (Å²) in [6.07, 6.45) is 2.00. The molecule has 16 heavy (non-hydrogen) atoms. The van der Waals surface area contributed by atoms with Gasteiger partial charge >= 0.3 is 0 Å². The molecule has 0 saturated carbocycles. The first-order chi connectivity index (χ1) is 7.32. The number of hydrogen-bond donors (Lipinski definition) is 0. The first-order valence-corrected chi connectivity index (χ1v) is 6.01. The zero-order chi connectivity index (χ0) is 12.1. The highest BCUT2D eigenvalue weighted by atomic mass is 35.5. The third kappa shape index (κ3) is 1.78. The summed E-state index contributed by atoms with van der Waals surface area (Å²) in [5.74, 6) is 0. The first kappa shape index (κ1) is 11.7. The molecule has 0 atom stereocenters. The van der Waals surface area contributed by atoms with E-state index < -0.39 is 0 Å². The minimum atomic E-state index is -0.313. The van der Waals surface area contributed by atoms with E-state index in [1.54, 1.807) is 0 Å². The highest BCUT2D eigenvalue weighted by molar-refractivity contribution is 6.68. The van der Waals surface area contributed by atoms with Gasteiger partial charge in [-0.2, -0.15) is 0 Å². The molecule has 0 amide bonds. The second-order valence-electron chi connectivity index (χ2n) is 5.63. The first-order valence-electron chi connectivity index (χ1n) is 5.63. The summed E-state index contributed by atoms with van der Waals surface area (Å²) in [6, 6.07) is 2.08. The van der Waals surface area contributed by atoms with Gasteiger partial charge in [-0.15, -0.1) is 0 Å². The van der Waals surface area contributed by atoms with Crippen molar-refractivity contribution >= 4 is 16.8 Å². The van der Waals surface area contributed by atoms with E-state index >= 15 is 0 Å². The average Bonchev–Trinajstić information content (AvgIpc) is 2.40. The molecule has 0 aromatic heterocycles. The Hall–Kier alpha value is -0.820. The molecule has 1 aliphatic rings. The molecule has 0 fully saturated rings. The zero-order valence-corrected chi connectivity index (χ0v) is 11.0. The van der Waals surface area contributed by atoms with Crippen LogP contribution in [0.2, 0.25) is 0 Å². The summed E-state index contributed by atoms with van der Waals surface area (Å²) in [4.78, 5) is 11.5. The maximum atomic E-state index is 11.5. The lowest BCUT2D eigenvalue weighted by Crippen LogP contribution is -2.10. The topological polar surface area (TPSA) is 17.1 Å². The van der Waals surface area contributed by atoms with E-state index in [0.717, 1.165) is 24.0 Å². The number of carbonyl (C=O) groups is 1. The van der Waals surface area contributed by atoms with Crippen molar-refractivity contribution in [2.45, 2.75) is 40.5 Å². The van der Waals surface area contributed by atoms with Gasteiger partial charge in [-0.25, -0.2) is 0 Å². The summed E-state index contributed by atoms with van der Waals surface area (Å²) in [6.45, 7) is 8.57. The summed E-state index contributed by atoms with van der Waals surface area (Å²) < 4.78 is 0. The van der Waals surface area contributed by atoms with E-state index in [4.69, 9.17) is 11.6 Å². The Morgan fingerprint density at radius 3 is 2.31 bits per heavy atom. The third-order valence-corrected chi connectivity index (χ3v) is 3.67. The molecule has 2 rings (SSSR count). The molecule has 0 bridgehead atoms. The summed E-state index contributed by atoms with van der Waals surface area (Å²) in [5.41, 5.74) is 5.81. The maximum absolute atomic E-state index is 11.5. The van der Waals surface area contributed by atoms with Crippen LogP contribution < -0.4 is 0 Å². The molecule has 1 aliphatic carbocycles. The SMILES string of the molecule is Cc1cc(C)c(C(=O)Cl)c2c1CC(C)(C)C2. The number of fused-ring (bicyclic) bond motifs is 1. The third-order valence-electron chi connectivity index (χ3n) is 3.48. The van der Waals surface area contributed by atoms with Gasteiger partial charge in [0.15, 0.2) is 0 Å². The van der Waals surface area contributed by atoms with Gasteiger partial charge in [0.05, 0.1) is 0 Å². The van der Waals surface area contributed by atoms with E-state index in [1.165, 1.54) is 16.7 Å². The number of hydrogen-bond acceptors (Lipinski definition) is 1. The maximum Gasteiger partial charge on any atom is 0.252 e. The van der Waals surface area contributed by atoms with Crippen molar-refractivity contribution in [3.63, 3.8) is 0 Å². The van der Waals surface area contributed by atoms with Crippen LogP contribution in [0.4, 0.5) is 0 Å². The predicted molar refractivity (Wildman–Crippen MR) is 67.3 cm³/mol. The lowest BCUT2D eigenvalue weighted by molar-refractivity contribution is 0.108. The van der Waals surface area contributed by atoms with Crippen LogP contribution in [0.15, 0.2) is 6.07 Å². The van der Waals surface area contributed by atoms with Gasteiger partial charge in [-0.1, -0.05) is 19.9 Å². The number of rotatable bonds is 1. The Morgan fingerprint density at radius 2 is 1.75 bits per heavy atom. The summed E-state index contributed by atoms with van der Waals surface area (Å²) >= 11 is 5.70. The molecule has 0 saturated heterocycles. The lowest BCUT2D eigenvalue weighted by atomic mass is 9.90. The highest BCUT2D eigenvalue weighted by Crippen LogP contribution is 2.40. The molecule has 0 unspecified atom stereocenters. The van der Waals surface area contributed by atoms with Crippen molar-refractivity contribution in [2.75, 3.05) is 0 Å². The van der Waals surface area contributed by atoms with Gasteiger partial charge in [0, 0.05) is 5.56 Å². The second kappa shape index (κ2) is 3.59. The van der Waals surface area contributed by atoms with Crippen LogP contribution in [0.1, 0.15) is 46.5 Å². The fourth-order valence-electron chi connectivity index (χ4n) is 2.85. The molecule has 1 aromatic rings. The van der Waals surface area contributed by atoms with Crippen LogP contribution in [0.3, 0.4) is 0 Å². The largest absolute Gasteiger partial charge is 0.276 e. The standard InChI is InChI=1S/C14H17ClO/c1-8-5-9(2)12(13(15)16)11-7-14(3,4)6-10(8)11/h5H,6-7H2,1-4H3. The quantitative estimate of drug-likeness (QED) is 0.678. The van der Waals surface area contributed by atoms with Crippen LogP contribution in [0, 0.1) is 19.3 Å². The molecular weight excluding hydrogens is 220 g/mol. The Labute approximate surface area is 102 Å². The van der Waals surface area contributed by atoms with Crippen molar-refractivity contribution in [3.05, 3.63) is 33.9 Å². The fraction of sp³-hybridized carbons (Fsp3) is 0.500. The molecule has 0 aliphatic heterocycles. The normalized spacial score (nSPS) is 17.3. The number of aryl methyl sites for hydroxylation is 2. The molecule has 0 radical (unpaired) electrons. The van der Waals surface area contributed by atoms with Gasteiger partial charge in [-0.05, 0) is 66.0 Å². The van der Waals surface area contributed by atoms with Crippen molar-refractivity contribution in [1.29, 1.82) is 0 Å². The van der Waals surface area contributed by atoms with Gasteiger partial charge < -0.3 is 0 Å². The van der Waals surface area contributed by atoms with Crippen molar-refractivity contribution in [3.8, 4) is 0 Å². The molecule has 1 nitrogen and oxygen atoms in total. The minimum absolute atomic E-state index is 0.252. The molecule has 0 N–H and O–H groups in total. The predicted octanol–water partition coefficient (Wildman–Crippen LogP) is 3.81. The van der Waals surface area contributed by atoms with E-state index in [0.29, 0.717) is 0 Å². The van der Waals surface area contributed by atoms with Crippen molar-refractivity contribution in [2.24, 2.45) is 5.41 Å². The second-order valence-corrected chi connectivity index (χ2v) is 5.98. The van der Waals surface area contributed by atoms with Crippen LogP contribution in [-0.4, -0.2) is 5.24 Å². The van der Waals surface area contributed by atoms with E-state index in [-0.39, 0.29) is 10.7 Å². The fourth-order valence-corrected chi connectivity index (χ4v) is 3.11. The zero-order valence-electron chi connectivity index (χ0n) is 10.3. The highest BCUT2D eigenvalue weighted by Gasteiger charge is 2.33. The Morgan fingerprint density at radius 1 is 1.19 bits per heavy atom. The molecular formula is C14H17ClO. The van der Waals surface area contributed by atoms with E-state index in [2.05, 4.69) is 26.8 Å². The molecule has 0 spiro atoms. The lowest BCUT2D eigenvalue weighted by Gasteiger charge is -2.15. The van der Waals surface area contributed by atoms with Gasteiger partial charge in [0.1, 0.15) is 0 Å². The monoisotopic (exact) mass is 236 g/mol. The minimum Gasteiger partial charge on any atom is -0.276 e. The van der Waals surface area contributed by atoms with E-state index in [1.807, 2.05) is 6.92 Å². The smallest absolute Gasteiger partial charge is 0.252 e. The molecule has 86 valence electrons. The van der Waals surface area contributed by atoms with Crippen LogP contribution >= 0.6 is 11.6 Å². The molecule has 2 heteroatoms. The van der Waals surface area contributed by atoms with Crippen LogP contribution in [0.25, 0.3) is 0 Å². The summed E-state index contributed by atoms with van der Waals surface area (Å²) in [7, 11) is 0.